The zero-order chi connectivity index (χ0) is 17.6. The Morgan fingerprint density at radius 2 is 2.12 bits per heavy atom. The summed E-state index contributed by atoms with van der Waals surface area (Å²) in [6.07, 6.45) is 2.33. The Balaban J connectivity index is 1.82. The van der Waals surface area contributed by atoms with E-state index in [1.807, 2.05) is 37.3 Å². The highest BCUT2D eigenvalue weighted by atomic mass is 16.5. The van der Waals surface area contributed by atoms with Crippen LogP contribution in [-0.4, -0.2) is 45.5 Å². The molecule has 2 N–H and O–H groups in total. The standard InChI is InChI=1S/C17H19N5O3/c1-2-25-10-6-9-18-16(23)14-15-17(24)19-13(11-22(15)21-20-14)12-7-4-3-5-8-12/h3-5,7-8,11H,2,6,9-10H2,1H3,(H,18,23)(H,19,24). The summed E-state index contributed by atoms with van der Waals surface area (Å²) in [4.78, 5) is 27.4. The van der Waals surface area contributed by atoms with Crippen LogP contribution in [0.4, 0.5) is 0 Å². The quantitative estimate of drug-likeness (QED) is 0.630. The molecule has 3 rings (SSSR count). The first kappa shape index (κ1) is 16.8. The Hall–Kier alpha value is -3.00. The monoisotopic (exact) mass is 341 g/mol. The van der Waals surface area contributed by atoms with E-state index in [2.05, 4.69) is 20.6 Å². The van der Waals surface area contributed by atoms with Gasteiger partial charge < -0.3 is 15.0 Å². The number of hydrogen-bond acceptors (Lipinski definition) is 5. The third kappa shape index (κ3) is 3.74. The van der Waals surface area contributed by atoms with Crippen molar-refractivity contribution < 1.29 is 9.53 Å². The third-order valence-corrected chi connectivity index (χ3v) is 3.66. The molecule has 0 spiro atoms. The molecule has 2 aromatic heterocycles. The van der Waals surface area contributed by atoms with Gasteiger partial charge in [-0.05, 0) is 18.9 Å². The number of rotatable bonds is 7. The number of H-pyrrole nitrogens is 1. The molecule has 1 amide bonds. The van der Waals surface area contributed by atoms with Gasteiger partial charge in [0.05, 0.1) is 11.9 Å². The molecule has 0 bridgehead atoms. The van der Waals surface area contributed by atoms with Gasteiger partial charge >= 0.3 is 0 Å². The third-order valence-electron chi connectivity index (χ3n) is 3.66. The smallest absolute Gasteiger partial charge is 0.276 e. The molecule has 1 aromatic carbocycles. The fraction of sp³-hybridized carbons (Fsp3) is 0.294. The van der Waals surface area contributed by atoms with E-state index >= 15 is 0 Å². The minimum absolute atomic E-state index is 0.0114. The average Bonchev–Trinajstić information content (AvgIpc) is 3.07. The largest absolute Gasteiger partial charge is 0.382 e. The van der Waals surface area contributed by atoms with Crippen LogP contribution in [0.2, 0.25) is 0 Å². The fourth-order valence-corrected chi connectivity index (χ4v) is 2.45. The van der Waals surface area contributed by atoms with E-state index in [4.69, 9.17) is 4.74 Å². The zero-order valence-corrected chi connectivity index (χ0v) is 13.9. The lowest BCUT2D eigenvalue weighted by molar-refractivity contribution is 0.0941. The molecule has 0 aliphatic carbocycles. The second-order valence-electron chi connectivity index (χ2n) is 5.40. The molecule has 0 fully saturated rings. The molecule has 25 heavy (non-hydrogen) atoms. The number of benzene rings is 1. The van der Waals surface area contributed by atoms with Crippen molar-refractivity contribution in [2.45, 2.75) is 13.3 Å². The Bertz CT molecular complexity index is 917. The molecule has 2 heterocycles. The van der Waals surface area contributed by atoms with Crippen LogP contribution in [0.3, 0.4) is 0 Å². The van der Waals surface area contributed by atoms with Gasteiger partial charge in [-0.2, -0.15) is 0 Å². The number of fused-ring (bicyclic) bond motifs is 1. The Morgan fingerprint density at radius 1 is 1.32 bits per heavy atom. The topological polar surface area (TPSA) is 101 Å². The first-order valence-corrected chi connectivity index (χ1v) is 8.10. The normalized spacial score (nSPS) is 10.9. The SMILES string of the molecule is CCOCCCNC(=O)c1nnn2cc(-c3ccccc3)[nH]c(=O)c12. The van der Waals surface area contributed by atoms with Crippen molar-refractivity contribution in [2.75, 3.05) is 19.8 Å². The van der Waals surface area contributed by atoms with Crippen molar-refractivity contribution in [3.8, 4) is 11.3 Å². The van der Waals surface area contributed by atoms with Crippen LogP contribution in [0.25, 0.3) is 16.8 Å². The van der Waals surface area contributed by atoms with Gasteiger partial charge in [-0.25, -0.2) is 4.52 Å². The molecule has 0 saturated heterocycles. The van der Waals surface area contributed by atoms with Gasteiger partial charge in [0, 0.05) is 19.8 Å². The number of aromatic nitrogens is 4. The van der Waals surface area contributed by atoms with Gasteiger partial charge in [0.15, 0.2) is 11.2 Å². The molecule has 0 aliphatic heterocycles. The van der Waals surface area contributed by atoms with E-state index in [0.29, 0.717) is 31.9 Å². The molecule has 0 aliphatic rings. The maximum Gasteiger partial charge on any atom is 0.276 e. The Morgan fingerprint density at radius 3 is 2.88 bits per heavy atom. The predicted molar refractivity (Wildman–Crippen MR) is 92.5 cm³/mol. The maximum atomic E-state index is 12.4. The molecule has 8 heteroatoms. The van der Waals surface area contributed by atoms with Gasteiger partial charge in [-0.3, -0.25) is 9.59 Å². The summed E-state index contributed by atoms with van der Waals surface area (Å²) in [5, 5.41) is 10.5. The molecule has 130 valence electrons. The van der Waals surface area contributed by atoms with Crippen molar-refractivity contribution in [3.63, 3.8) is 0 Å². The summed E-state index contributed by atoms with van der Waals surface area (Å²) < 4.78 is 6.54. The summed E-state index contributed by atoms with van der Waals surface area (Å²) in [6, 6.07) is 9.39. The first-order valence-electron chi connectivity index (χ1n) is 8.10. The summed E-state index contributed by atoms with van der Waals surface area (Å²) in [5.74, 6) is -0.426. The van der Waals surface area contributed by atoms with Crippen LogP contribution in [0.1, 0.15) is 23.8 Å². The molecule has 3 aromatic rings. The molecular weight excluding hydrogens is 322 g/mol. The van der Waals surface area contributed by atoms with Gasteiger partial charge in [0.25, 0.3) is 11.5 Å². The first-order chi connectivity index (χ1) is 12.2. The second-order valence-corrected chi connectivity index (χ2v) is 5.40. The van der Waals surface area contributed by atoms with Crippen LogP contribution in [0, 0.1) is 0 Å². The molecule has 8 nitrogen and oxygen atoms in total. The Labute approximate surface area is 143 Å². The number of nitrogens with zero attached hydrogens (tertiary/aromatic N) is 3. The van der Waals surface area contributed by atoms with Crippen LogP contribution in [0.5, 0.6) is 0 Å². The average molecular weight is 341 g/mol. The molecule has 0 unspecified atom stereocenters. The lowest BCUT2D eigenvalue weighted by atomic mass is 10.2. The van der Waals surface area contributed by atoms with E-state index in [-0.39, 0.29) is 11.2 Å². The number of ether oxygens (including phenoxy) is 1. The Kier molecular flexibility index (Phi) is 5.20. The minimum atomic E-state index is -0.426. The molecule has 0 saturated carbocycles. The molecule has 0 atom stereocenters. The summed E-state index contributed by atoms with van der Waals surface area (Å²) in [6.45, 7) is 3.57. The number of aromatic amines is 1. The highest BCUT2D eigenvalue weighted by molar-refractivity contribution is 5.98. The maximum absolute atomic E-state index is 12.4. The summed E-state index contributed by atoms with van der Waals surface area (Å²) >= 11 is 0. The second kappa shape index (κ2) is 7.71. The predicted octanol–water partition coefficient (Wildman–Crippen LogP) is 1.24. The minimum Gasteiger partial charge on any atom is -0.382 e. The van der Waals surface area contributed by atoms with E-state index < -0.39 is 11.5 Å². The molecule has 0 radical (unpaired) electrons. The lowest BCUT2D eigenvalue weighted by Gasteiger charge is -2.04. The number of hydrogen-bond donors (Lipinski definition) is 2. The number of carbonyl (C=O) groups excluding carboxylic acids is 1. The number of amides is 1. The fourth-order valence-electron chi connectivity index (χ4n) is 2.45. The van der Waals surface area contributed by atoms with E-state index in [0.717, 1.165) is 5.56 Å². The van der Waals surface area contributed by atoms with Crippen LogP contribution >= 0.6 is 0 Å². The van der Waals surface area contributed by atoms with Crippen molar-refractivity contribution in [3.05, 3.63) is 52.6 Å². The molecular formula is C17H19N5O3. The van der Waals surface area contributed by atoms with Crippen molar-refractivity contribution in [2.24, 2.45) is 0 Å². The van der Waals surface area contributed by atoms with Gasteiger partial charge in [-0.1, -0.05) is 35.5 Å². The van der Waals surface area contributed by atoms with Gasteiger partial charge in [0.2, 0.25) is 0 Å². The highest BCUT2D eigenvalue weighted by Crippen LogP contribution is 2.15. The summed E-state index contributed by atoms with van der Waals surface area (Å²) in [7, 11) is 0. The van der Waals surface area contributed by atoms with Crippen LogP contribution < -0.4 is 10.9 Å². The zero-order valence-electron chi connectivity index (χ0n) is 13.9. The van der Waals surface area contributed by atoms with Crippen molar-refractivity contribution >= 4 is 11.4 Å². The van der Waals surface area contributed by atoms with Gasteiger partial charge in [-0.15, -0.1) is 5.10 Å². The van der Waals surface area contributed by atoms with E-state index in [9.17, 15) is 9.59 Å². The van der Waals surface area contributed by atoms with Crippen LogP contribution in [-0.2, 0) is 4.74 Å². The lowest BCUT2D eigenvalue weighted by Crippen LogP contribution is -2.27. The summed E-state index contributed by atoms with van der Waals surface area (Å²) in [5.41, 5.74) is 1.18. The van der Waals surface area contributed by atoms with Crippen LogP contribution in [0.15, 0.2) is 41.3 Å². The number of carbonyl (C=O) groups is 1. The van der Waals surface area contributed by atoms with E-state index in [1.165, 1.54) is 4.52 Å². The van der Waals surface area contributed by atoms with E-state index in [1.54, 1.807) is 6.20 Å². The van der Waals surface area contributed by atoms with Gasteiger partial charge in [0.1, 0.15) is 0 Å². The number of nitrogens with one attached hydrogen (secondary N) is 2. The van der Waals surface area contributed by atoms with Crippen molar-refractivity contribution in [1.82, 2.24) is 25.1 Å². The highest BCUT2D eigenvalue weighted by Gasteiger charge is 2.18. The van der Waals surface area contributed by atoms with Crippen molar-refractivity contribution in [1.29, 1.82) is 0 Å².